The first-order valence-electron chi connectivity index (χ1n) is 5.37. The molecule has 1 fully saturated rings. The highest BCUT2D eigenvalue weighted by molar-refractivity contribution is 9.10. The molecule has 2 heterocycles. The van der Waals surface area contributed by atoms with Crippen molar-refractivity contribution >= 4 is 27.3 Å². The Morgan fingerprint density at radius 2 is 2.31 bits per heavy atom. The van der Waals surface area contributed by atoms with Crippen molar-refractivity contribution in [3.63, 3.8) is 0 Å². The van der Waals surface area contributed by atoms with E-state index < -0.39 is 0 Å². The summed E-state index contributed by atoms with van der Waals surface area (Å²) in [5.74, 6) is 0. The van der Waals surface area contributed by atoms with Crippen LogP contribution in [0.25, 0.3) is 0 Å². The zero-order valence-electron chi connectivity index (χ0n) is 8.95. The predicted octanol–water partition coefficient (Wildman–Crippen LogP) is 2.37. The Morgan fingerprint density at radius 1 is 1.56 bits per heavy atom. The van der Waals surface area contributed by atoms with Crippen LogP contribution >= 0.6 is 27.3 Å². The van der Waals surface area contributed by atoms with E-state index in [2.05, 4.69) is 43.7 Å². The molecule has 16 heavy (non-hydrogen) atoms. The summed E-state index contributed by atoms with van der Waals surface area (Å²) in [6.45, 7) is 4.10. The summed E-state index contributed by atoms with van der Waals surface area (Å²) >= 11 is 5.20. The number of nitriles is 1. The molecule has 0 unspecified atom stereocenters. The van der Waals surface area contributed by atoms with Gasteiger partial charge >= 0.3 is 0 Å². The highest BCUT2D eigenvalue weighted by Gasteiger charge is 2.23. The number of nitrogens with one attached hydrogen (secondary N) is 1. The van der Waals surface area contributed by atoms with Crippen molar-refractivity contribution < 1.29 is 0 Å². The smallest absolute Gasteiger partial charge is 0.0642 e. The quantitative estimate of drug-likeness (QED) is 0.931. The minimum atomic E-state index is 0.267. The van der Waals surface area contributed by atoms with Gasteiger partial charge < -0.3 is 5.32 Å². The lowest BCUT2D eigenvalue weighted by molar-refractivity contribution is 0.178. The van der Waals surface area contributed by atoms with E-state index in [1.54, 1.807) is 11.3 Å². The van der Waals surface area contributed by atoms with Crippen molar-refractivity contribution in [1.29, 1.82) is 5.26 Å². The van der Waals surface area contributed by atoms with Crippen LogP contribution in [0.2, 0.25) is 0 Å². The molecule has 0 aromatic carbocycles. The van der Waals surface area contributed by atoms with Crippen LogP contribution in [-0.2, 0) is 0 Å². The maximum absolute atomic E-state index is 8.94. The second kappa shape index (κ2) is 5.78. The minimum Gasteiger partial charge on any atom is -0.314 e. The minimum absolute atomic E-state index is 0.267. The Hall–Kier alpha value is -0.410. The van der Waals surface area contributed by atoms with Crippen molar-refractivity contribution in [2.75, 3.05) is 26.2 Å². The number of hydrogen-bond donors (Lipinski definition) is 1. The molecular weight excluding hydrogens is 286 g/mol. The third-order valence-corrected chi connectivity index (χ3v) is 4.59. The SMILES string of the molecule is N#CC[C@H](c1cc(Br)cs1)N1CCNCC1. The van der Waals surface area contributed by atoms with E-state index in [0.717, 1.165) is 30.7 Å². The third-order valence-electron chi connectivity index (χ3n) is 2.79. The monoisotopic (exact) mass is 299 g/mol. The zero-order chi connectivity index (χ0) is 11.4. The van der Waals surface area contributed by atoms with Gasteiger partial charge in [0.25, 0.3) is 0 Å². The lowest BCUT2D eigenvalue weighted by atomic mass is 10.1. The normalized spacial score (nSPS) is 19.2. The van der Waals surface area contributed by atoms with Gasteiger partial charge in [0.15, 0.2) is 0 Å². The van der Waals surface area contributed by atoms with E-state index >= 15 is 0 Å². The van der Waals surface area contributed by atoms with E-state index in [0.29, 0.717) is 6.42 Å². The number of nitrogens with zero attached hydrogens (tertiary/aromatic N) is 2. The van der Waals surface area contributed by atoms with Gasteiger partial charge in [0.05, 0.1) is 18.5 Å². The number of thiophene rings is 1. The molecule has 0 aliphatic carbocycles. The van der Waals surface area contributed by atoms with Crippen molar-refractivity contribution in [3.8, 4) is 6.07 Å². The first-order chi connectivity index (χ1) is 7.81. The van der Waals surface area contributed by atoms with Gasteiger partial charge in [0, 0.05) is 40.9 Å². The summed E-state index contributed by atoms with van der Waals surface area (Å²) in [6, 6.07) is 4.70. The molecule has 0 saturated carbocycles. The van der Waals surface area contributed by atoms with Crippen molar-refractivity contribution in [1.82, 2.24) is 10.2 Å². The third kappa shape index (κ3) is 2.83. The van der Waals surface area contributed by atoms with Gasteiger partial charge in [0.2, 0.25) is 0 Å². The summed E-state index contributed by atoms with van der Waals surface area (Å²) in [5.41, 5.74) is 0. The second-order valence-electron chi connectivity index (χ2n) is 3.83. The van der Waals surface area contributed by atoms with Crippen LogP contribution in [0.4, 0.5) is 0 Å². The van der Waals surface area contributed by atoms with E-state index in [1.165, 1.54) is 4.88 Å². The largest absolute Gasteiger partial charge is 0.314 e. The molecule has 0 bridgehead atoms. The van der Waals surface area contributed by atoms with Crippen molar-refractivity contribution in [2.24, 2.45) is 0 Å². The lowest BCUT2D eigenvalue weighted by Gasteiger charge is -2.33. The fourth-order valence-corrected chi connectivity index (χ4v) is 3.57. The molecule has 1 aromatic heterocycles. The number of halogens is 1. The fourth-order valence-electron chi connectivity index (χ4n) is 1.99. The average molecular weight is 300 g/mol. The van der Waals surface area contributed by atoms with Crippen molar-refractivity contribution in [3.05, 3.63) is 20.8 Å². The van der Waals surface area contributed by atoms with E-state index in [4.69, 9.17) is 5.26 Å². The maximum atomic E-state index is 8.94. The van der Waals surface area contributed by atoms with Crippen LogP contribution in [-0.4, -0.2) is 31.1 Å². The molecule has 86 valence electrons. The van der Waals surface area contributed by atoms with Gasteiger partial charge in [-0.2, -0.15) is 5.26 Å². The van der Waals surface area contributed by atoms with Gasteiger partial charge in [-0.3, -0.25) is 4.90 Å². The molecule has 1 N–H and O–H groups in total. The lowest BCUT2D eigenvalue weighted by Crippen LogP contribution is -2.44. The molecule has 1 aliphatic rings. The molecule has 0 amide bonds. The number of rotatable bonds is 3. The van der Waals surface area contributed by atoms with Crippen LogP contribution < -0.4 is 5.32 Å². The van der Waals surface area contributed by atoms with Crippen LogP contribution in [0.3, 0.4) is 0 Å². The predicted molar refractivity (Wildman–Crippen MR) is 69.4 cm³/mol. The first kappa shape index (κ1) is 12.1. The molecular formula is C11H14BrN3S. The van der Waals surface area contributed by atoms with E-state index in [9.17, 15) is 0 Å². The Balaban J connectivity index is 2.13. The van der Waals surface area contributed by atoms with Crippen LogP contribution in [0.1, 0.15) is 17.3 Å². The molecule has 1 aromatic rings. The molecule has 0 radical (unpaired) electrons. The Kier molecular flexibility index (Phi) is 4.36. The van der Waals surface area contributed by atoms with Crippen molar-refractivity contribution in [2.45, 2.75) is 12.5 Å². The van der Waals surface area contributed by atoms with Gasteiger partial charge in [-0.25, -0.2) is 0 Å². The number of hydrogen-bond acceptors (Lipinski definition) is 4. The topological polar surface area (TPSA) is 39.1 Å². The molecule has 3 nitrogen and oxygen atoms in total. The summed E-state index contributed by atoms with van der Waals surface area (Å²) in [7, 11) is 0. The molecule has 1 saturated heterocycles. The first-order valence-corrected chi connectivity index (χ1v) is 7.04. The standard InChI is InChI=1S/C11H14BrN3S/c12-9-7-11(16-8-9)10(1-2-13)15-5-3-14-4-6-15/h7-8,10,14H,1,3-6H2/t10-/m1/s1. The van der Waals surface area contributed by atoms with E-state index in [-0.39, 0.29) is 6.04 Å². The zero-order valence-corrected chi connectivity index (χ0v) is 11.4. The summed E-state index contributed by atoms with van der Waals surface area (Å²) in [5, 5.41) is 14.4. The van der Waals surface area contributed by atoms with Gasteiger partial charge in [-0.1, -0.05) is 0 Å². The summed E-state index contributed by atoms with van der Waals surface area (Å²) in [6.07, 6.45) is 0.576. The van der Waals surface area contributed by atoms with Gasteiger partial charge in [-0.15, -0.1) is 11.3 Å². The second-order valence-corrected chi connectivity index (χ2v) is 5.69. The Morgan fingerprint density at radius 3 is 2.88 bits per heavy atom. The molecule has 1 atom stereocenters. The van der Waals surface area contributed by atoms with Crippen LogP contribution in [0.5, 0.6) is 0 Å². The fraction of sp³-hybridized carbons (Fsp3) is 0.545. The highest BCUT2D eigenvalue weighted by Crippen LogP contribution is 2.31. The average Bonchev–Trinajstić information content (AvgIpc) is 2.74. The molecule has 0 spiro atoms. The molecule has 5 heteroatoms. The molecule has 2 rings (SSSR count). The maximum Gasteiger partial charge on any atom is 0.0642 e. The Labute approximate surface area is 108 Å². The van der Waals surface area contributed by atoms with E-state index in [1.807, 2.05) is 0 Å². The number of piperazine rings is 1. The highest BCUT2D eigenvalue weighted by atomic mass is 79.9. The summed E-state index contributed by atoms with van der Waals surface area (Å²) in [4.78, 5) is 3.69. The van der Waals surface area contributed by atoms with Crippen LogP contribution in [0.15, 0.2) is 15.9 Å². The molecule has 1 aliphatic heterocycles. The van der Waals surface area contributed by atoms with Gasteiger partial charge in [0.1, 0.15) is 0 Å². The van der Waals surface area contributed by atoms with Gasteiger partial charge in [-0.05, 0) is 22.0 Å². The summed E-state index contributed by atoms with van der Waals surface area (Å²) < 4.78 is 1.12. The Bertz CT molecular complexity index is 379. The van der Waals surface area contributed by atoms with Crippen LogP contribution in [0, 0.1) is 11.3 Å².